The molecular weight excluding hydrogens is 276 g/mol. The van der Waals surface area contributed by atoms with Crippen molar-refractivity contribution >= 4 is 17.4 Å². The lowest BCUT2D eigenvalue weighted by atomic mass is 10.1. The molecule has 2 rings (SSSR count). The van der Waals surface area contributed by atoms with Crippen LogP contribution in [0.1, 0.15) is 42.9 Å². The van der Waals surface area contributed by atoms with E-state index >= 15 is 0 Å². The highest BCUT2D eigenvalue weighted by atomic mass is 35.5. The number of ether oxygens (including phenoxy) is 1. The van der Waals surface area contributed by atoms with Crippen LogP contribution in [0.5, 0.6) is 5.75 Å². The van der Waals surface area contributed by atoms with Crippen LogP contribution in [0.15, 0.2) is 30.5 Å². The van der Waals surface area contributed by atoms with E-state index in [0.717, 1.165) is 0 Å². The predicted molar refractivity (Wildman–Crippen MR) is 78.7 cm³/mol. The Morgan fingerprint density at radius 2 is 2.10 bits per heavy atom. The van der Waals surface area contributed by atoms with E-state index in [4.69, 9.17) is 16.3 Å². The van der Waals surface area contributed by atoms with Crippen LogP contribution >= 0.6 is 11.6 Å². The first kappa shape index (κ1) is 14.6. The molecule has 106 valence electrons. The Balaban J connectivity index is 2.49. The van der Waals surface area contributed by atoms with Crippen molar-refractivity contribution in [3.63, 3.8) is 0 Å². The summed E-state index contributed by atoms with van der Waals surface area (Å²) in [5.41, 5.74) is 0.896. The van der Waals surface area contributed by atoms with Crippen molar-refractivity contribution in [1.29, 1.82) is 0 Å². The molecule has 5 heteroatoms. The fraction of sp³-hybridized carbons (Fsp3) is 0.333. The van der Waals surface area contributed by atoms with E-state index < -0.39 is 0 Å². The molecule has 20 heavy (non-hydrogen) atoms. The third-order valence-electron chi connectivity index (χ3n) is 2.89. The third kappa shape index (κ3) is 2.70. The van der Waals surface area contributed by atoms with E-state index in [1.807, 2.05) is 26.8 Å². The van der Waals surface area contributed by atoms with Gasteiger partial charge in [-0.05, 0) is 32.9 Å². The highest BCUT2D eigenvalue weighted by molar-refractivity contribution is 6.34. The summed E-state index contributed by atoms with van der Waals surface area (Å²) in [5.74, 6) is 0.387. The zero-order chi connectivity index (χ0) is 14.7. The number of halogens is 1. The molecule has 0 aliphatic heterocycles. The van der Waals surface area contributed by atoms with E-state index in [0.29, 0.717) is 28.6 Å². The second-order valence-electron chi connectivity index (χ2n) is 4.64. The first-order valence-electron chi connectivity index (χ1n) is 6.55. The molecule has 1 aromatic heterocycles. The van der Waals surface area contributed by atoms with Crippen molar-refractivity contribution in [1.82, 2.24) is 9.78 Å². The molecule has 0 atom stereocenters. The minimum Gasteiger partial charge on any atom is -0.493 e. The van der Waals surface area contributed by atoms with Crippen molar-refractivity contribution < 1.29 is 9.53 Å². The molecule has 0 bridgehead atoms. The first-order valence-corrected chi connectivity index (χ1v) is 6.93. The normalized spacial score (nSPS) is 10.8. The monoisotopic (exact) mass is 292 g/mol. The molecule has 0 saturated carbocycles. The molecule has 0 aliphatic rings. The van der Waals surface area contributed by atoms with Gasteiger partial charge >= 0.3 is 0 Å². The molecule has 0 spiro atoms. The van der Waals surface area contributed by atoms with Crippen LogP contribution in [0.2, 0.25) is 5.02 Å². The molecule has 0 saturated heterocycles. The molecule has 0 N–H and O–H groups in total. The van der Waals surface area contributed by atoms with Crippen molar-refractivity contribution in [3.8, 4) is 5.75 Å². The second kappa shape index (κ2) is 6.09. The van der Waals surface area contributed by atoms with Crippen LogP contribution in [-0.4, -0.2) is 22.2 Å². The van der Waals surface area contributed by atoms with Crippen LogP contribution in [0, 0.1) is 0 Å². The minimum absolute atomic E-state index is 0.0562. The molecule has 0 fully saturated rings. The van der Waals surface area contributed by atoms with E-state index in [1.165, 1.54) is 6.20 Å². The van der Waals surface area contributed by atoms with Gasteiger partial charge in [0.05, 0.1) is 23.4 Å². The Labute approximate surface area is 123 Å². The number of ketones is 1. The van der Waals surface area contributed by atoms with Crippen LogP contribution in [0.4, 0.5) is 0 Å². The van der Waals surface area contributed by atoms with Gasteiger partial charge in [-0.1, -0.05) is 23.7 Å². The molecule has 0 amide bonds. The van der Waals surface area contributed by atoms with Gasteiger partial charge in [0, 0.05) is 6.04 Å². The standard InChI is InChI=1S/C15H17ClN2O2/c1-4-20-13-8-6-5-7-11(13)15(19)14-12(16)9-17-18(14)10(2)3/h5-10H,4H2,1-3H3. The van der Waals surface area contributed by atoms with Crippen molar-refractivity contribution in [2.45, 2.75) is 26.8 Å². The number of carbonyl (C=O) groups excluding carboxylic acids is 1. The summed E-state index contributed by atoms with van der Waals surface area (Å²) < 4.78 is 7.14. The Kier molecular flexibility index (Phi) is 4.45. The van der Waals surface area contributed by atoms with E-state index in [-0.39, 0.29) is 11.8 Å². The highest BCUT2D eigenvalue weighted by Gasteiger charge is 2.23. The number of aromatic nitrogens is 2. The number of carbonyl (C=O) groups is 1. The van der Waals surface area contributed by atoms with Crippen LogP contribution in [-0.2, 0) is 0 Å². The van der Waals surface area contributed by atoms with Crippen molar-refractivity contribution in [3.05, 3.63) is 46.7 Å². The number of nitrogens with zero attached hydrogens (tertiary/aromatic N) is 2. The molecular formula is C15H17ClN2O2. The van der Waals surface area contributed by atoms with E-state index in [1.54, 1.807) is 22.9 Å². The summed E-state index contributed by atoms with van der Waals surface area (Å²) in [7, 11) is 0. The lowest BCUT2D eigenvalue weighted by Crippen LogP contribution is -2.14. The maximum absolute atomic E-state index is 12.7. The smallest absolute Gasteiger partial charge is 0.216 e. The van der Waals surface area contributed by atoms with E-state index in [9.17, 15) is 4.79 Å². The number of hydrogen-bond donors (Lipinski definition) is 0. The Morgan fingerprint density at radius 3 is 2.75 bits per heavy atom. The number of hydrogen-bond acceptors (Lipinski definition) is 3. The summed E-state index contributed by atoms with van der Waals surface area (Å²) >= 11 is 6.12. The summed E-state index contributed by atoms with van der Waals surface area (Å²) in [6.07, 6.45) is 1.50. The predicted octanol–water partition coefficient (Wildman–Crippen LogP) is 3.75. The minimum atomic E-state index is -0.176. The Hall–Kier alpha value is -1.81. The van der Waals surface area contributed by atoms with Crippen LogP contribution in [0.25, 0.3) is 0 Å². The summed E-state index contributed by atoms with van der Waals surface area (Å²) in [6, 6.07) is 7.21. The zero-order valence-electron chi connectivity index (χ0n) is 11.8. The maximum atomic E-state index is 12.7. The second-order valence-corrected chi connectivity index (χ2v) is 5.04. The highest BCUT2D eigenvalue weighted by Crippen LogP contribution is 2.26. The summed E-state index contributed by atoms with van der Waals surface area (Å²) in [5, 5.41) is 4.52. The quantitative estimate of drug-likeness (QED) is 0.788. The molecule has 0 unspecified atom stereocenters. The molecule has 1 aromatic carbocycles. The number of rotatable bonds is 5. The lowest BCUT2D eigenvalue weighted by Gasteiger charge is -2.13. The fourth-order valence-electron chi connectivity index (χ4n) is 2.01. The van der Waals surface area contributed by atoms with Gasteiger partial charge in [0.1, 0.15) is 11.4 Å². The van der Waals surface area contributed by atoms with Gasteiger partial charge in [-0.3, -0.25) is 9.48 Å². The zero-order valence-corrected chi connectivity index (χ0v) is 12.5. The van der Waals surface area contributed by atoms with Gasteiger partial charge in [-0.25, -0.2) is 0 Å². The molecule has 2 aromatic rings. The van der Waals surface area contributed by atoms with Gasteiger partial charge in [-0.15, -0.1) is 0 Å². The molecule has 1 heterocycles. The molecule has 0 radical (unpaired) electrons. The SMILES string of the molecule is CCOc1ccccc1C(=O)c1c(Cl)cnn1C(C)C. The molecule has 0 aliphatic carbocycles. The average Bonchev–Trinajstić information content (AvgIpc) is 2.81. The van der Waals surface area contributed by atoms with Crippen molar-refractivity contribution in [2.24, 2.45) is 0 Å². The van der Waals surface area contributed by atoms with Crippen LogP contribution in [0.3, 0.4) is 0 Å². The molecule has 4 nitrogen and oxygen atoms in total. The third-order valence-corrected chi connectivity index (χ3v) is 3.16. The topological polar surface area (TPSA) is 44.1 Å². The van der Waals surface area contributed by atoms with Crippen LogP contribution < -0.4 is 4.74 Å². The van der Waals surface area contributed by atoms with E-state index in [2.05, 4.69) is 5.10 Å². The van der Waals surface area contributed by atoms with Gasteiger partial charge < -0.3 is 4.74 Å². The number of benzene rings is 1. The maximum Gasteiger partial charge on any atom is 0.216 e. The summed E-state index contributed by atoms with van der Waals surface area (Å²) in [4.78, 5) is 12.7. The van der Waals surface area contributed by atoms with Gasteiger partial charge in [0.2, 0.25) is 5.78 Å². The van der Waals surface area contributed by atoms with Gasteiger partial charge in [0.25, 0.3) is 0 Å². The Morgan fingerprint density at radius 1 is 1.40 bits per heavy atom. The largest absolute Gasteiger partial charge is 0.493 e. The first-order chi connectivity index (χ1) is 9.56. The number of para-hydroxylation sites is 1. The fourth-order valence-corrected chi connectivity index (χ4v) is 2.22. The van der Waals surface area contributed by atoms with Gasteiger partial charge in [-0.2, -0.15) is 5.10 Å². The Bertz CT molecular complexity index is 620. The summed E-state index contributed by atoms with van der Waals surface area (Å²) in [6.45, 7) is 6.29. The van der Waals surface area contributed by atoms with Crippen molar-refractivity contribution in [2.75, 3.05) is 6.61 Å². The lowest BCUT2D eigenvalue weighted by molar-refractivity contribution is 0.102. The average molecular weight is 293 g/mol. The van der Waals surface area contributed by atoms with Gasteiger partial charge in [0.15, 0.2) is 0 Å².